The van der Waals surface area contributed by atoms with Gasteiger partial charge in [0, 0.05) is 36.6 Å². The average Bonchev–Trinajstić information content (AvgIpc) is 3.55. The molecule has 2 aliphatic heterocycles. The van der Waals surface area contributed by atoms with Crippen molar-refractivity contribution in [3.05, 3.63) is 93.2 Å². The van der Waals surface area contributed by atoms with Gasteiger partial charge in [0.05, 0.1) is 24.8 Å². The fraction of sp³-hybridized carbons (Fsp3) is 0.333. The predicted molar refractivity (Wildman–Crippen MR) is 147 cm³/mol. The van der Waals surface area contributed by atoms with Gasteiger partial charge in [-0.2, -0.15) is 0 Å². The Kier molecular flexibility index (Phi) is 8.22. The van der Waals surface area contributed by atoms with E-state index in [9.17, 15) is 14.7 Å². The molecule has 38 heavy (non-hydrogen) atoms. The largest absolute Gasteiger partial charge is 0.507 e. The minimum atomic E-state index is -0.646. The summed E-state index contributed by atoms with van der Waals surface area (Å²) in [4.78, 5) is 31.1. The monoisotopic (exact) mass is 532 g/mol. The van der Waals surface area contributed by atoms with Gasteiger partial charge in [-0.1, -0.05) is 35.9 Å². The molecule has 2 aliphatic rings. The van der Waals surface area contributed by atoms with Gasteiger partial charge in [0.2, 0.25) is 0 Å². The number of amides is 1. The van der Waals surface area contributed by atoms with E-state index in [0.29, 0.717) is 24.5 Å². The van der Waals surface area contributed by atoms with Crippen LogP contribution in [-0.4, -0.2) is 66.0 Å². The number of benzene rings is 2. The second-order valence-corrected chi connectivity index (χ2v) is 10.6. The fourth-order valence-corrected chi connectivity index (χ4v) is 5.82. The van der Waals surface area contributed by atoms with Crippen molar-refractivity contribution in [2.75, 3.05) is 39.4 Å². The Hall–Kier alpha value is -3.46. The second-order valence-electron chi connectivity index (χ2n) is 9.62. The van der Waals surface area contributed by atoms with Crippen molar-refractivity contribution >= 4 is 28.8 Å². The molecule has 1 unspecified atom stereocenters. The zero-order valence-corrected chi connectivity index (χ0v) is 22.3. The number of rotatable bonds is 9. The molecule has 1 aromatic heterocycles. The molecule has 0 aliphatic carbocycles. The lowest BCUT2D eigenvalue weighted by Crippen LogP contribution is -2.38. The lowest BCUT2D eigenvalue weighted by atomic mass is 10.00. The Labute approximate surface area is 226 Å². The van der Waals surface area contributed by atoms with Crippen LogP contribution in [0.15, 0.2) is 71.6 Å². The molecule has 3 aromatic rings. The number of aliphatic hydroxyl groups is 1. The first-order valence-corrected chi connectivity index (χ1v) is 13.8. The third-order valence-electron chi connectivity index (χ3n) is 6.95. The van der Waals surface area contributed by atoms with Gasteiger partial charge in [0.15, 0.2) is 0 Å². The Morgan fingerprint density at radius 1 is 1.05 bits per heavy atom. The molecule has 198 valence electrons. The smallest absolute Gasteiger partial charge is 0.295 e. The molecule has 0 saturated carbocycles. The van der Waals surface area contributed by atoms with Crippen molar-refractivity contribution in [2.45, 2.75) is 26.0 Å². The summed E-state index contributed by atoms with van der Waals surface area (Å²) in [6.45, 7) is 6.92. The van der Waals surface area contributed by atoms with E-state index >= 15 is 0 Å². The number of ketones is 1. The molecule has 0 bridgehead atoms. The van der Waals surface area contributed by atoms with Crippen LogP contribution in [0.3, 0.4) is 0 Å². The van der Waals surface area contributed by atoms with Crippen molar-refractivity contribution in [1.29, 1.82) is 0 Å². The van der Waals surface area contributed by atoms with Crippen molar-refractivity contribution in [2.24, 2.45) is 0 Å². The highest BCUT2D eigenvalue weighted by molar-refractivity contribution is 7.10. The minimum absolute atomic E-state index is 0.136. The minimum Gasteiger partial charge on any atom is -0.507 e. The highest BCUT2D eigenvalue weighted by Gasteiger charge is 2.46. The number of hydrogen-bond acceptors (Lipinski definition) is 7. The summed E-state index contributed by atoms with van der Waals surface area (Å²) < 4.78 is 11.3. The summed E-state index contributed by atoms with van der Waals surface area (Å²) in [5.74, 6) is -0.721. The lowest BCUT2D eigenvalue weighted by Gasteiger charge is -2.28. The first-order valence-electron chi connectivity index (χ1n) is 12.9. The molecule has 3 heterocycles. The molecular formula is C30H32N2O5S. The molecule has 5 rings (SSSR count). The van der Waals surface area contributed by atoms with Crippen LogP contribution in [0.25, 0.3) is 5.76 Å². The molecule has 2 aromatic carbocycles. The first-order chi connectivity index (χ1) is 18.5. The number of aliphatic hydroxyl groups excluding tert-OH is 1. The molecule has 7 nitrogen and oxygen atoms in total. The first kappa shape index (κ1) is 26.2. The van der Waals surface area contributed by atoms with E-state index in [1.165, 1.54) is 16.9 Å². The number of morpholine rings is 1. The molecular weight excluding hydrogens is 500 g/mol. The molecule has 1 amide bonds. The van der Waals surface area contributed by atoms with Crippen molar-refractivity contribution in [1.82, 2.24) is 9.80 Å². The normalized spacial score (nSPS) is 19.7. The number of hydrogen-bond donors (Lipinski definition) is 1. The van der Waals surface area contributed by atoms with Gasteiger partial charge in [-0.25, -0.2) is 0 Å². The van der Waals surface area contributed by atoms with Gasteiger partial charge in [0.1, 0.15) is 18.1 Å². The summed E-state index contributed by atoms with van der Waals surface area (Å²) in [7, 11) is 0. The lowest BCUT2D eigenvalue weighted by molar-refractivity contribution is -0.140. The third-order valence-corrected chi connectivity index (χ3v) is 7.87. The molecule has 1 atom stereocenters. The predicted octanol–water partition coefficient (Wildman–Crippen LogP) is 4.78. The maximum absolute atomic E-state index is 13.2. The topological polar surface area (TPSA) is 79.3 Å². The molecule has 0 spiro atoms. The van der Waals surface area contributed by atoms with E-state index in [1.54, 1.807) is 29.2 Å². The van der Waals surface area contributed by atoms with Crippen LogP contribution in [0.2, 0.25) is 0 Å². The molecule has 8 heteroatoms. The van der Waals surface area contributed by atoms with Crippen LogP contribution in [0.1, 0.15) is 34.0 Å². The number of Topliss-reactive ketones (excluding diaryl/α,β-unsaturated/α-hetero) is 1. The summed E-state index contributed by atoms with van der Waals surface area (Å²) in [6.07, 6.45) is 0.738. The van der Waals surface area contributed by atoms with Gasteiger partial charge in [-0.3, -0.25) is 14.5 Å². The van der Waals surface area contributed by atoms with E-state index in [4.69, 9.17) is 9.47 Å². The van der Waals surface area contributed by atoms with Gasteiger partial charge >= 0.3 is 0 Å². The van der Waals surface area contributed by atoms with Crippen molar-refractivity contribution < 1.29 is 24.2 Å². The van der Waals surface area contributed by atoms with Crippen LogP contribution in [0.4, 0.5) is 0 Å². The maximum Gasteiger partial charge on any atom is 0.295 e. The summed E-state index contributed by atoms with van der Waals surface area (Å²) in [6, 6.07) is 18.3. The number of thiophene rings is 1. The molecule has 2 saturated heterocycles. The van der Waals surface area contributed by atoms with E-state index in [2.05, 4.69) is 11.0 Å². The van der Waals surface area contributed by atoms with Crippen LogP contribution < -0.4 is 4.74 Å². The Morgan fingerprint density at radius 3 is 2.55 bits per heavy atom. The molecule has 2 fully saturated rings. The van der Waals surface area contributed by atoms with E-state index in [0.717, 1.165) is 49.7 Å². The van der Waals surface area contributed by atoms with Gasteiger partial charge in [-0.15, -0.1) is 11.3 Å². The number of aryl methyl sites for hydroxylation is 1. The SMILES string of the molecule is Cc1cccc(COc2ccc(C(O)=C3C(=O)C(=O)N(CCCN4CCOCC4)C3c3cccs3)cc2)c1. The number of carbonyl (C=O) groups is 2. The van der Waals surface area contributed by atoms with Gasteiger partial charge in [0.25, 0.3) is 11.7 Å². The van der Waals surface area contributed by atoms with E-state index in [-0.39, 0.29) is 11.3 Å². The van der Waals surface area contributed by atoms with E-state index < -0.39 is 17.7 Å². The van der Waals surface area contributed by atoms with Crippen LogP contribution in [-0.2, 0) is 20.9 Å². The highest BCUT2D eigenvalue weighted by atomic mass is 32.1. The van der Waals surface area contributed by atoms with Crippen molar-refractivity contribution in [3.63, 3.8) is 0 Å². The Bertz CT molecular complexity index is 1300. The summed E-state index contributed by atoms with van der Waals surface area (Å²) in [5, 5.41) is 13.2. The standard InChI is InChI=1S/C30H32N2O5S/c1-21-5-2-6-22(19-21)20-37-24-10-8-23(9-11-24)28(33)26-27(25-7-3-18-38-25)32(30(35)29(26)34)13-4-12-31-14-16-36-17-15-31/h2-3,5-11,18-19,27,33H,4,12-17,20H2,1H3. The quantitative estimate of drug-likeness (QED) is 0.243. The Morgan fingerprint density at radius 2 is 1.84 bits per heavy atom. The van der Waals surface area contributed by atoms with Crippen LogP contribution in [0, 0.1) is 6.92 Å². The summed E-state index contributed by atoms with van der Waals surface area (Å²) in [5.41, 5.74) is 2.85. The number of carbonyl (C=O) groups excluding carboxylic acids is 2. The number of nitrogens with zero attached hydrogens (tertiary/aromatic N) is 2. The van der Waals surface area contributed by atoms with E-state index in [1.807, 2.05) is 42.6 Å². The second kappa shape index (κ2) is 11.9. The summed E-state index contributed by atoms with van der Waals surface area (Å²) >= 11 is 1.48. The fourth-order valence-electron chi connectivity index (χ4n) is 4.98. The zero-order valence-electron chi connectivity index (χ0n) is 21.5. The maximum atomic E-state index is 13.2. The van der Waals surface area contributed by atoms with Crippen LogP contribution in [0.5, 0.6) is 5.75 Å². The van der Waals surface area contributed by atoms with Gasteiger partial charge in [-0.05, 0) is 54.6 Å². The average molecular weight is 533 g/mol. The molecule has 0 radical (unpaired) electrons. The number of ether oxygens (including phenoxy) is 2. The van der Waals surface area contributed by atoms with Crippen LogP contribution >= 0.6 is 11.3 Å². The number of likely N-dealkylation sites (tertiary alicyclic amines) is 1. The van der Waals surface area contributed by atoms with Crippen molar-refractivity contribution in [3.8, 4) is 5.75 Å². The zero-order chi connectivity index (χ0) is 26.5. The third kappa shape index (κ3) is 5.83. The Balaban J connectivity index is 1.34. The molecule has 1 N–H and O–H groups in total. The van der Waals surface area contributed by atoms with Gasteiger partial charge < -0.3 is 19.5 Å². The highest BCUT2D eigenvalue weighted by Crippen LogP contribution is 2.41.